The quantitative estimate of drug-likeness (QED) is 0.0211. The predicted octanol–water partition coefficient (Wildman–Crippen LogP) is 22.0. The van der Waals surface area contributed by atoms with E-state index >= 15 is 0 Å². The van der Waals surface area contributed by atoms with Gasteiger partial charge in [0.25, 0.3) is 0 Å². The van der Waals surface area contributed by atoms with Crippen LogP contribution in [0.15, 0.2) is 134 Å². The third kappa shape index (κ3) is 67.3. The van der Waals surface area contributed by atoms with Gasteiger partial charge in [-0.25, -0.2) is 4.57 Å². The molecule has 0 spiro atoms. The number of allylic oxidation sites excluding steroid dienone is 22. The lowest BCUT2D eigenvalue weighted by molar-refractivity contribution is -0.870. The zero-order chi connectivity index (χ0) is 61.2. The van der Waals surface area contributed by atoms with Crippen LogP contribution in [0.5, 0.6) is 0 Å². The summed E-state index contributed by atoms with van der Waals surface area (Å²) in [4.78, 5) is 35.8. The highest BCUT2D eigenvalue weighted by atomic mass is 31.2. The Bertz CT molecular complexity index is 1880. The molecule has 2 atom stereocenters. The lowest BCUT2D eigenvalue weighted by atomic mass is 10.0. The van der Waals surface area contributed by atoms with E-state index in [0.717, 1.165) is 89.9 Å². The van der Waals surface area contributed by atoms with Gasteiger partial charge >= 0.3 is 19.8 Å². The summed E-state index contributed by atoms with van der Waals surface area (Å²) < 4.78 is 34.6. The highest BCUT2D eigenvalue weighted by molar-refractivity contribution is 7.47. The van der Waals surface area contributed by atoms with E-state index in [4.69, 9.17) is 18.5 Å². The molecule has 84 heavy (non-hydrogen) atoms. The van der Waals surface area contributed by atoms with Crippen molar-refractivity contribution in [3.8, 4) is 0 Å². The van der Waals surface area contributed by atoms with Crippen molar-refractivity contribution in [2.75, 3.05) is 47.5 Å². The van der Waals surface area contributed by atoms with E-state index in [9.17, 15) is 19.0 Å². The molecule has 0 aliphatic rings. The Kier molecular flexibility index (Phi) is 60.7. The molecule has 2 unspecified atom stereocenters. The van der Waals surface area contributed by atoms with Crippen molar-refractivity contribution >= 4 is 19.8 Å². The van der Waals surface area contributed by atoms with E-state index < -0.39 is 26.5 Å². The standard InChI is InChI=1S/C74H126NO8P/c1-6-8-10-12-14-16-18-20-22-24-26-28-30-31-32-33-34-35-36-37-38-39-40-41-42-43-45-46-48-50-52-54-56-58-60-62-64-66-73(76)80-70-72(71-82-84(78,79)81-69-68-75(3,4)5)83-74(77)67-65-63-61-59-57-55-53-51-49-47-44-29-27-25-23-21-19-17-15-13-11-9-7-2/h8-11,14-17,20-23,26-29,47,49,53,55,59,61,72H,6-7,12-13,18-19,24-25,30-46,48,50-52,54,56-58,60,62-71H2,1-5H3/p+1/b10-8-,11-9-,16-14-,17-15-,22-20-,23-21-,28-26-,29-27-,49-47-,55-53-,61-59-. The first kappa shape index (κ1) is 80.2. The Labute approximate surface area is 517 Å². The normalized spacial score (nSPS) is 14.0. The Balaban J connectivity index is 4.06. The molecule has 0 fully saturated rings. The van der Waals surface area contributed by atoms with E-state index in [2.05, 4.69) is 148 Å². The van der Waals surface area contributed by atoms with Crippen LogP contribution in [-0.2, 0) is 32.7 Å². The fraction of sp³-hybridized carbons (Fsp3) is 0.676. The number of likely N-dealkylation sites (N-methyl/N-ethyl adjacent to an activating group) is 1. The minimum Gasteiger partial charge on any atom is -0.462 e. The summed E-state index contributed by atoms with van der Waals surface area (Å²) in [6.45, 7) is 4.15. The zero-order valence-corrected chi connectivity index (χ0v) is 55.5. The van der Waals surface area contributed by atoms with Crippen LogP contribution in [0, 0.1) is 0 Å². The summed E-state index contributed by atoms with van der Waals surface area (Å²) in [5, 5.41) is 0. The van der Waals surface area contributed by atoms with Crippen LogP contribution in [-0.4, -0.2) is 74.9 Å². The molecule has 0 heterocycles. The largest absolute Gasteiger partial charge is 0.472 e. The minimum atomic E-state index is -4.41. The van der Waals surface area contributed by atoms with Gasteiger partial charge in [-0.2, -0.15) is 0 Å². The zero-order valence-electron chi connectivity index (χ0n) is 54.6. The number of carbonyl (C=O) groups is 2. The maximum Gasteiger partial charge on any atom is 0.472 e. The Morgan fingerprint density at radius 3 is 0.988 bits per heavy atom. The molecule has 9 nitrogen and oxygen atoms in total. The monoisotopic (exact) mass is 1190 g/mol. The first-order chi connectivity index (χ1) is 41.0. The van der Waals surface area contributed by atoms with Crippen LogP contribution in [0.2, 0.25) is 0 Å². The maximum atomic E-state index is 12.8. The number of carbonyl (C=O) groups excluding carboxylic acids is 2. The smallest absolute Gasteiger partial charge is 0.462 e. The van der Waals surface area contributed by atoms with Gasteiger partial charge in [0.05, 0.1) is 27.7 Å². The van der Waals surface area contributed by atoms with Crippen LogP contribution in [0.4, 0.5) is 0 Å². The average molecular weight is 1190 g/mol. The second-order valence-electron chi connectivity index (χ2n) is 23.4. The molecule has 0 saturated carbocycles. The van der Waals surface area contributed by atoms with Gasteiger partial charge in [-0.3, -0.25) is 18.6 Å². The van der Waals surface area contributed by atoms with Gasteiger partial charge in [-0.15, -0.1) is 0 Å². The fourth-order valence-electron chi connectivity index (χ4n) is 9.06. The summed E-state index contributed by atoms with van der Waals surface area (Å²) in [5.74, 6) is -0.866. The number of hydrogen-bond acceptors (Lipinski definition) is 7. The van der Waals surface area contributed by atoms with E-state index in [1.165, 1.54) is 141 Å². The second kappa shape index (κ2) is 63.6. The summed E-state index contributed by atoms with van der Waals surface area (Å²) in [6, 6.07) is 0. The first-order valence-corrected chi connectivity index (χ1v) is 35.4. The van der Waals surface area contributed by atoms with Gasteiger partial charge in [-0.1, -0.05) is 289 Å². The van der Waals surface area contributed by atoms with E-state index in [0.29, 0.717) is 23.9 Å². The molecule has 0 rings (SSSR count). The van der Waals surface area contributed by atoms with E-state index in [1.54, 1.807) is 0 Å². The molecular weight excluding hydrogens is 1060 g/mol. The highest BCUT2D eigenvalue weighted by Gasteiger charge is 2.27. The minimum absolute atomic E-state index is 0.0155. The van der Waals surface area contributed by atoms with Crippen molar-refractivity contribution in [2.24, 2.45) is 0 Å². The molecule has 0 aliphatic heterocycles. The van der Waals surface area contributed by atoms with Crippen molar-refractivity contribution in [3.05, 3.63) is 134 Å². The molecule has 10 heteroatoms. The summed E-state index contributed by atoms with van der Waals surface area (Å²) >= 11 is 0. The Morgan fingerprint density at radius 2 is 0.655 bits per heavy atom. The van der Waals surface area contributed by atoms with Gasteiger partial charge in [0.2, 0.25) is 0 Å². The van der Waals surface area contributed by atoms with E-state index in [1.807, 2.05) is 21.1 Å². The molecule has 0 aliphatic carbocycles. The topological polar surface area (TPSA) is 108 Å². The van der Waals surface area contributed by atoms with Crippen LogP contribution in [0.1, 0.15) is 271 Å². The molecule has 0 bridgehead atoms. The number of phosphoric ester groups is 1. The predicted molar refractivity (Wildman–Crippen MR) is 362 cm³/mol. The van der Waals surface area contributed by atoms with Crippen molar-refractivity contribution in [3.63, 3.8) is 0 Å². The SMILES string of the molecule is CC/C=C\C/C=C\C/C=C\C/C=C\C/C=C\C/C=C\C/C=C\CCCC(=O)OC(COC(=O)CCCCCCCCCCCCCCCCCCCCCCCCCC/C=C\C/C=C\C/C=C\C/C=C\CC)COP(=O)(O)OCC[N+](C)(C)C. The Morgan fingerprint density at radius 1 is 0.369 bits per heavy atom. The van der Waals surface area contributed by atoms with Gasteiger partial charge in [0.1, 0.15) is 19.8 Å². The number of quaternary nitrogens is 1. The third-order valence-corrected chi connectivity index (χ3v) is 15.2. The lowest BCUT2D eigenvalue weighted by Crippen LogP contribution is -2.37. The van der Waals surface area contributed by atoms with Crippen LogP contribution >= 0.6 is 7.82 Å². The molecule has 0 aromatic carbocycles. The van der Waals surface area contributed by atoms with Crippen molar-refractivity contribution < 1.29 is 42.1 Å². The lowest BCUT2D eigenvalue weighted by Gasteiger charge is -2.24. The van der Waals surface area contributed by atoms with Gasteiger partial charge < -0.3 is 18.9 Å². The molecular formula is C74H127NO8P+. The molecule has 0 aromatic rings. The van der Waals surface area contributed by atoms with E-state index in [-0.39, 0.29) is 32.0 Å². The number of phosphoric acid groups is 1. The molecule has 0 radical (unpaired) electrons. The van der Waals surface area contributed by atoms with Gasteiger partial charge in [0.15, 0.2) is 6.10 Å². The fourth-order valence-corrected chi connectivity index (χ4v) is 9.80. The molecule has 0 amide bonds. The Hall–Kier alpha value is -3.85. The summed E-state index contributed by atoms with van der Waals surface area (Å²) in [7, 11) is 1.43. The van der Waals surface area contributed by atoms with Crippen LogP contribution < -0.4 is 0 Å². The van der Waals surface area contributed by atoms with Crippen LogP contribution in [0.3, 0.4) is 0 Å². The number of unbranched alkanes of at least 4 members (excludes halogenated alkanes) is 25. The number of rotatable bonds is 61. The summed E-state index contributed by atoms with van der Waals surface area (Å²) in [6.07, 6.45) is 92.9. The van der Waals surface area contributed by atoms with Crippen molar-refractivity contribution in [1.29, 1.82) is 0 Å². The van der Waals surface area contributed by atoms with Gasteiger partial charge in [0, 0.05) is 12.8 Å². The van der Waals surface area contributed by atoms with Crippen LogP contribution in [0.25, 0.3) is 0 Å². The molecule has 0 saturated heterocycles. The number of ether oxygens (including phenoxy) is 2. The maximum absolute atomic E-state index is 12.8. The van der Waals surface area contributed by atoms with Gasteiger partial charge in [-0.05, 0) is 103 Å². The number of hydrogen-bond donors (Lipinski definition) is 1. The second-order valence-corrected chi connectivity index (χ2v) is 24.9. The highest BCUT2D eigenvalue weighted by Crippen LogP contribution is 2.43. The van der Waals surface area contributed by atoms with Crippen molar-refractivity contribution in [2.45, 2.75) is 277 Å². The number of nitrogens with zero attached hydrogens (tertiary/aromatic N) is 1. The third-order valence-electron chi connectivity index (χ3n) is 14.2. The van der Waals surface area contributed by atoms with Crippen molar-refractivity contribution in [1.82, 2.24) is 0 Å². The molecule has 0 aromatic heterocycles. The number of esters is 2. The average Bonchev–Trinajstić information content (AvgIpc) is 3.61. The molecule has 480 valence electrons. The molecule has 1 N–H and O–H groups in total. The first-order valence-electron chi connectivity index (χ1n) is 33.9. The summed E-state index contributed by atoms with van der Waals surface area (Å²) in [5.41, 5.74) is 0.